The van der Waals surface area contributed by atoms with Gasteiger partial charge in [0.05, 0.1) is 11.4 Å². The van der Waals surface area contributed by atoms with E-state index in [1.165, 1.54) is 0 Å². The summed E-state index contributed by atoms with van der Waals surface area (Å²) in [5.74, 6) is 0. The van der Waals surface area contributed by atoms with Gasteiger partial charge in [0.2, 0.25) is 0 Å². The third-order valence-corrected chi connectivity index (χ3v) is 4.06. The summed E-state index contributed by atoms with van der Waals surface area (Å²) in [6.45, 7) is 0.424. The van der Waals surface area contributed by atoms with E-state index in [4.69, 9.17) is 0 Å². The molecule has 6 heteroatoms. The molecule has 4 rings (SSSR count). The lowest BCUT2D eigenvalue weighted by atomic mass is 10.1. The number of nitrogens with zero attached hydrogens (tertiary/aromatic N) is 3. The number of anilines is 1. The van der Waals surface area contributed by atoms with Crippen molar-refractivity contribution < 1.29 is 4.79 Å². The molecule has 2 heterocycles. The summed E-state index contributed by atoms with van der Waals surface area (Å²) in [4.78, 5) is 16.4. The van der Waals surface area contributed by atoms with Gasteiger partial charge in [-0.3, -0.25) is 4.98 Å². The number of benzene rings is 2. The average molecular weight is 343 g/mol. The number of carbonyl (C=O) groups excluding carboxylic acids is 1. The quantitative estimate of drug-likeness (QED) is 0.593. The van der Waals surface area contributed by atoms with Gasteiger partial charge >= 0.3 is 6.03 Å². The third-order valence-electron chi connectivity index (χ3n) is 4.06. The first-order chi connectivity index (χ1) is 12.8. The molecular formula is C20H17N5O. The van der Waals surface area contributed by atoms with Gasteiger partial charge < -0.3 is 10.6 Å². The minimum Gasteiger partial charge on any atom is -0.334 e. The molecular weight excluding hydrogens is 326 g/mol. The molecule has 4 aromatic rings. The van der Waals surface area contributed by atoms with Gasteiger partial charge in [-0.25, -0.2) is 9.48 Å². The molecule has 2 N–H and O–H groups in total. The van der Waals surface area contributed by atoms with Gasteiger partial charge in [-0.2, -0.15) is 5.10 Å². The number of amides is 2. The fourth-order valence-corrected chi connectivity index (χ4v) is 2.81. The number of pyridine rings is 1. The summed E-state index contributed by atoms with van der Waals surface area (Å²) in [6, 6.07) is 17.1. The van der Waals surface area contributed by atoms with E-state index in [0.29, 0.717) is 6.54 Å². The van der Waals surface area contributed by atoms with Crippen LogP contribution in [-0.4, -0.2) is 20.8 Å². The molecule has 0 saturated carbocycles. The number of nitrogens with one attached hydrogen (secondary N) is 2. The highest BCUT2D eigenvalue weighted by atomic mass is 16.2. The van der Waals surface area contributed by atoms with E-state index in [2.05, 4.69) is 20.7 Å². The number of aromatic nitrogens is 3. The van der Waals surface area contributed by atoms with Crippen molar-refractivity contribution in [2.75, 3.05) is 5.32 Å². The van der Waals surface area contributed by atoms with E-state index in [1.54, 1.807) is 23.3 Å². The number of rotatable bonds is 4. The predicted octanol–water partition coefficient (Wildman–Crippen LogP) is 3.74. The largest absolute Gasteiger partial charge is 0.334 e. The first kappa shape index (κ1) is 15.8. The Kier molecular flexibility index (Phi) is 4.30. The Labute approximate surface area is 150 Å². The molecule has 26 heavy (non-hydrogen) atoms. The fourth-order valence-electron chi connectivity index (χ4n) is 2.81. The Hall–Kier alpha value is -3.67. The van der Waals surface area contributed by atoms with E-state index < -0.39 is 0 Å². The van der Waals surface area contributed by atoms with Crippen molar-refractivity contribution in [3.05, 3.63) is 84.9 Å². The standard InChI is InChI=1S/C20H17N5O/c26-20(24-19-7-2-5-16-14-21-10-8-18(16)19)22-13-15-4-1-6-17(12-15)25-11-3-9-23-25/h1-12,14H,13H2,(H2,22,24,26). The van der Waals surface area contributed by atoms with E-state index in [9.17, 15) is 4.79 Å². The Bertz CT molecular complexity index is 1040. The lowest BCUT2D eigenvalue weighted by Crippen LogP contribution is -2.28. The zero-order chi connectivity index (χ0) is 17.8. The molecule has 2 aromatic carbocycles. The normalized spacial score (nSPS) is 10.6. The van der Waals surface area contributed by atoms with Crippen LogP contribution in [0.15, 0.2) is 79.4 Å². The molecule has 2 aromatic heterocycles. The molecule has 0 saturated heterocycles. The second kappa shape index (κ2) is 7.06. The monoisotopic (exact) mass is 343 g/mol. The van der Waals surface area contributed by atoms with Crippen LogP contribution in [0.25, 0.3) is 16.5 Å². The molecule has 0 fully saturated rings. The van der Waals surface area contributed by atoms with Crippen molar-refractivity contribution in [3.63, 3.8) is 0 Å². The molecule has 6 nitrogen and oxygen atoms in total. The van der Waals surface area contributed by atoms with Crippen molar-refractivity contribution in [2.24, 2.45) is 0 Å². The lowest BCUT2D eigenvalue weighted by molar-refractivity contribution is 0.252. The first-order valence-corrected chi connectivity index (χ1v) is 8.26. The third kappa shape index (κ3) is 3.39. The summed E-state index contributed by atoms with van der Waals surface area (Å²) < 4.78 is 1.79. The number of urea groups is 1. The van der Waals surface area contributed by atoms with Crippen molar-refractivity contribution >= 4 is 22.5 Å². The topological polar surface area (TPSA) is 71.8 Å². The minimum atomic E-state index is -0.251. The van der Waals surface area contributed by atoms with Crippen LogP contribution in [0.1, 0.15) is 5.56 Å². The van der Waals surface area contributed by atoms with E-state index in [1.807, 2.05) is 60.8 Å². The molecule has 0 aliphatic rings. The summed E-state index contributed by atoms with van der Waals surface area (Å²) in [6.07, 6.45) is 7.11. The van der Waals surface area contributed by atoms with E-state index in [-0.39, 0.29) is 6.03 Å². The lowest BCUT2D eigenvalue weighted by Gasteiger charge is -2.11. The Balaban J connectivity index is 1.43. The Morgan fingerprint density at radius 1 is 1.04 bits per heavy atom. The number of hydrogen-bond acceptors (Lipinski definition) is 3. The van der Waals surface area contributed by atoms with Gasteiger partial charge in [0, 0.05) is 42.1 Å². The molecule has 0 aliphatic carbocycles. The van der Waals surface area contributed by atoms with Crippen LogP contribution in [-0.2, 0) is 6.54 Å². The van der Waals surface area contributed by atoms with Gasteiger partial charge in [0.1, 0.15) is 0 Å². The molecule has 0 spiro atoms. The summed E-state index contributed by atoms with van der Waals surface area (Å²) in [5, 5.41) is 12.0. The van der Waals surface area contributed by atoms with Crippen LogP contribution in [0.5, 0.6) is 0 Å². The van der Waals surface area contributed by atoms with Crippen LogP contribution in [0.4, 0.5) is 10.5 Å². The van der Waals surface area contributed by atoms with E-state index in [0.717, 1.165) is 27.7 Å². The molecule has 128 valence electrons. The first-order valence-electron chi connectivity index (χ1n) is 8.26. The molecule has 0 aliphatic heterocycles. The summed E-state index contributed by atoms with van der Waals surface area (Å²) in [5.41, 5.74) is 2.71. The number of hydrogen-bond donors (Lipinski definition) is 2. The highest BCUT2D eigenvalue weighted by Gasteiger charge is 2.06. The van der Waals surface area contributed by atoms with Crippen molar-refractivity contribution in [1.82, 2.24) is 20.1 Å². The minimum absolute atomic E-state index is 0.251. The van der Waals surface area contributed by atoms with Crippen LogP contribution >= 0.6 is 0 Å². The predicted molar refractivity (Wildman–Crippen MR) is 101 cm³/mol. The average Bonchev–Trinajstić information content (AvgIpc) is 3.22. The molecule has 0 radical (unpaired) electrons. The van der Waals surface area contributed by atoms with Gasteiger partial charge in [-0.15, -0.1) is 0 Å². The second-order valence-corrected chi connectivity index (χ2v) is 5.83. The zero-order valence-corrected chi connectivity index (χ0v) is 14.0. The van der Waals surface area contributed by atoms with Crippen molar-refractivity contribution in [1.29, 1.82) is 0 Å². The number of fused-ring (bicyclic) bond motifs is 1. The highest BCUT2D eigenvalue weighted by Crippen LogP contribution is 2.22. The fraction of sp³-hybridized carbons (Fsp3) is 0.0500. The molecule has 2 amide bonds. The number of carbonyl (C=O) groups is 1. The van der Waals surface area contributed by atoms with Gasteiger partial charge in [-0.1, -0.05) is 24.3 Å². The maximum Gasteiger partial charge on any atom is 0.319 e. The van der Waals surface area contributed by atoms with Crippen molar-refractivity contribution in [3.8, 4) is 5.69 Å². The Morgan fingerprint density at radius 3 is 2.85 bits per heavy atom. The zero-order valence-electron chi connectivity index (χ0n) is 14.0. The van der Waals surface area contributed by atoms with Crippen LogP contribution in [0.2, 0.25) is 0 Å². The molecule has 0 bridgehead atoms. The van der Waals surface area contributed by atoms with Crippen LogP contribution in [0, 0.1) is 0 Å². The SMILES string of the molecule is O=C(NCc1cccc(-n2cccn2)c1)Nc1cccc2cnccc12. The maximum atomic E-state index is 12.3. The second-order valence-electron chi connectivity index (χ2n) is 5.83. The van der Waals surface area contributed by atoms with Crippen LogP contribution < -0.4 is 10.6 Å². The van der Waals surface area contributed by atoms with E-state index >= 15 is 0 Å². The van der Waals surface area contributed by atoms with Gasteiger partial charge in [0.25, 0.3) is 0 Å². The van der Waals surface area contributed by atoms with Crippen molar-refractivity contribution in [2.45, 2.75) is 6.54 Å². The highest BCUT2D eigenvalue weighted by molar-refractivity contribution is 6.01. The summed E-state index contributed by atoms with van der Waals surface area (Å²) >= 11 is 0. The van der Waals surface area contributed by atoms with Gasteiger partial charge in [0.15, 0.2) is 0 Å². The van der Waals surface area contributed by atoms with Gasteiger partial charge in [-0.05, 0) is 35.9 Å². The maximum absolute atomic E-state index is 12.3. The van der Waals surface area contributed by atoms with Crippen LogP contribution in [0.3, 0.4) is 0 Å². The molecule has 0 unspecified atom stereocenters. The summed E-state index contributed by atoms with van der Waals surface area (Å²) in [7, 11) is 0. The smallest absolute Gasteiger partial charge is 0.319 e. The Morgan fingerprint density at radius 2 is 1.96 bits per heavy atom. The molecule has 0 atom stereocenters.